The van der Waals surface area contributed by atoms with Gasteiger partial charge in [-0.3, -0.25) is 9.78 Å². The molecule has 1 amide bonds. The van der Waals surface area contributed by atoms with Gasteiger partial charge >= 0.3 is 0 Å². The molecule has 0 unspecified atom stereocenters. The smallest absolute Gasteiger partial charge is 0.255 e. The molecule has 1 fully saturated rings. The number of hydrogen-bond donors (Lipinski definition) is 1. The number of rotatable bonds is 5. The van der Waals surface area contributed by atoms with Gasteiger partial charge in [0.1, 0.15) is 0 Å². The van der Waals surface area contributed by atoms with Crippen molar-refractivity contribution >= 4 is 11.6 Å². The van der Waals surface area contributed by atoms with E-state index in [2.05, 4.69) is 41.5 Å². The first-order valence-electron chi connectivity index (χ1n) is 8.74. The third-order valence-electron chi connectivity index (χ3n) is 4.64. The Labute approximate surface area is 143 Å². The van der Waals surface area contributed by atoms with Gasteiger partial charge in [-0.2, -0.15) is 0 Å². The fraction of sp³-hybridized carbons (Fsp3) is 0.400. The highest BCUT2D eigenvalue weighted by Gasteiger charge is 2.21. The lowest BCUT2D eigenvalue weighted by atomic mass is 9.99. The number of nitrogens with zero attached hydrogens (tertiary/aromatic N) is 2. The van der Waals surface area contributed by atoms with E-state index in [1.54, 1.807) is 12.4 Å². The summed E-state index contributed by atoms with van der Waals surface area (Å²) in [5.74, 6) is 0.819. The summed E-state index contributed by atoms with van der Waals surface area (Å²) < 4.78 is 0. The molecule has 1 aromatic heterocycles. The second kappa shape index (κ2) is 7.95. The molecular formula is C20H25N3O. The molecule has 3 rings (SSSR count). The van der Waals surface area contributed by atoms with Gasteiger partial charge in [-0.15, -0.1) is 0 Å². The molecule has 126 valence electrons. The van der Waals surface area contributed by atoms with Crippen LogP contribution in [-0.2, 0) is 6.42 Å². The molecule has 0 radical (unpaired) electrons. The van der Waals surface area contributed by atoms with Gasteiger partial charge in [0.2, 0.25) is 0 Å². The first-order valence-corrected chi connectivity index (χ1v) is 8.74. The van der Waals surface area contributed by atoms with Crippen LogP contribution in [0.2, 0.25) is 0 Å². The number of anilines is 1. The van der Waals surface area contributed by atoms with Crippen molar-refractivity contribution < 1.29 is 4.79 Å². The Hall–Kier alpha value is -2.36. The lowest BCUT2D eigenvalue weighted by molar-refractivity contribution is 0.0697. The van der Waals surface area contributed by atoms with Crippen molar-refractivity contribution in [1.29, 1.82) is 0 Å². The fourth-order valence-electron chi connectivity index (χ4n) is 3.04. The van der Waals surface area contributed by atoms with Crippen molar-refractivity contribution in [3.05, 3.63) is 59.9 Å². The van der Waals surface area contributed by atoms with Crippen LogP contribution >= 0.6 is 0 Å². The van der Waals surface area contributed by atoms with Crippen molar-refractivity contribution in [1.82, 2.24) is 9.88 Å². The van der Waals surface area contributed by atoms with E-state index in [-0.39, 0.29) is 5.91 Å². The number of nitrogens with one attached hydrogen (secondary N) is 1. The van der Waals surface area contributed by atoms with Crippen molar-refractivity contribution in [3.8, 4) is 0 Å². The van der Waals surface area contributed by atoms with E-state index < -0.39 is 0 Å². The van der Waals surface area contributed by atoms with E-state index in [1.807, 2.05) is 17.0 Å². The average molecular weight is 323 g/mol. The van der Waals surface area contributed by atoms with Crippen LogP contribution in [0.25, 0.3) is 0 Å². The number of benzene rings is 1. The summed E-state index contributed by atoms with van der Waals surface area (Å²) in [6.45, 7) is 4.78. The molecule has 0 aliphatic carbocycles. The maximum absolute atomic E-state index is 12.6. The van der Waals surface area contributed by atoms with E-state index in [4.69, 9.17) is 0 Å². The van der Waals surface area contributed by atoms with Crippen LogP contribution in [0, 0.1) is 5.92 Å². The highest BCUT2D eigenvalue weighted by Crippen LogP contribution is 2.19. The molecule has 4 heteroatoms. The summed E-state index contributed by atoms with van der Waals surface area (Å²) in [7, 11) is 0. The Bertz CT molecular complexity index is 664. The molecule has 1 N–H and O–H groups in total. The van der Waals surface area contributed by atoms with Crippen LogP contribution in [-0.4, -0.2) is 35.4 Å². The van der Waals surface area contributed by atoms with E-state index >= 15 is 0 Å². The Morgan fingerprint density at radius 1 is 1.21 bits per heavy atom. The largest absolute Gasteiger partial charge is 0.383 e. The summed E-state index contributed by atoms with van der Waals surface area (Å²) in [6.07, 6.45) is 6.58. The van der Waals surface area contributed by atoms with E-state index in [1.165, 1.54) is 5.56 Å². The van der Waals surface area contributed by atoms with Crippen LogP contribution in [0.5, 0.6) is 0 Å². The molecule has 1 aromatic carbocycles. The molecule has 0 atom stereocenters. The number of likely N-dealkylation sites (tertiary alicyclic amines) is 1. The topological polar surface area (TPSA) is 45.2 Å². The molecule has 1 aliphatic heterocycles. The summed E-state index contributed by atoms with van der Waals surface area (Å²) >= 11 is 0. The molecule has 1 saturated heterocycles. The predicted octanol–water partition coefficient (Wildman–Crippen LogP) is 3.61. The van der Waals surface area contributed by atoms with Gasteiger partial charge < -0.3 is 10.2 Å². The third kappa shape index (κ3) is 4.34. The monoisotopic (exact) mass is 323 g/mol. The molecule has 0 saturated carbocycles. The first kappa shape index (κ1) is 16.5. The van der Waals surface area contributed by atoms with Crippen molar-refractivity contribution in [2.75, 3.05) is 25.0 Å². The van der Waals surface area contributed by atoms with Gasteiger partial charge in [-0.05, 0) is 36.8 Å². The van der Waals surface area contributed by atoms with E-state index in [9.17, 15) is 4.79 Å². The van der Waals surface area contributed by atoms with Gasteiger partial charge in [0.15, 0.2) is 0 Å². The van der Waals surface area contributed by atoms with E-state index in [0.717, 1.165) is 50.5 Å². The quantitative estimate of drug-likeness (QED) is 0.914. The van der Waals surface area contributed by atoms with Crippen LogP contribution in [0.15, 0.2) is 48.8 Å². The zero-order valence-electron chi connectivity index (χ0n) is 14.2. The standard InChI is InChI=1S/C20H25N3O/c1-16-8-11-23(12-9-16)20(24)18-13-19(15-21-14-18)22-10-7-17-5-3-2-4-6-17/h2-6,13-16,22H,7-12H2,1H3. The zero-order valence-corrected chi connectivity index (χ0v) is 14.2. The third-order valence-corrected chi connectivity index (χ3v) is 4.64. The molecule has 2 heterocycles. The molecular weight excluding hydrogens is 298 g/mol. The van der Waals surface area contributed by atoms with Crippen LogP contribution in [0.3, 0.4) is 0 Å². The Kier molecular flexibility index (Phi) is 5.47. The van der Waals surface area contributed by atoms with Crippen molar-refractivity contribution in [2.45, 2.75) is 26.2 Å². The Balaban J connectivity index is 1.56. The fourth-order valence-corrected chi connectivity index (χ4v) is 3.04. The number of pyridine rings is 1. The van der Waals surface area contributed by atoms with Gasteiger partial charge in [-0.1, -0.05) is 37.3 Å². The number of piperidine rings is 1. The number of aromatic nitrogens is 1. The van der Waals surface area contributed by atoms with Gasteiger partial charge in [0.25, 0.3) is 5.91 Å². The summed E-state index contributed by atoms with van der Waals surface area (Å²) in [5.41, 5.74) is 2.88. The highest BCUT2D eigenvalue weighted by atomic mass is 16.2. The van der Waals surface area contributed by atoms with Crippen LogP contribution < -0.4 is 5.32 Å². The molecule has 0 bridgehead atoms. The minimum Gasteiger partial charge on any atom is -0.383 e. The number of amides is 1. The van der Waals surface area contributed by atoms with Crippen molar-refractivity contribution in [2.24, 2.45) is 5.92 Å². The lowest BCUT2D eigenvalue weighted by Gasteiger charge is -2.30. The lowest BCUT2D eigenvalue weighted by Crippen LogP contribution is -2.37. The molecule has 24 heavy (non-hydrogen) atoms. The number of carbonyl (C=O) groups excluding carboxylic acids is 1. The van der Waals surface area contributed by atoms with Gasteiger partial charge in [0.05, 0.1) is 11.3 Å². The zero-order chi connectivity index (χ0) is 16.8. The maximum Gasteiger partial charge on any atom is 0.255 e. The minimum absolute atomic E-state index is 0.0982. The first-order chi connectivity index (χ1) is 11.7. The Morgan fingerprint density at radius 2 is 1.96 bits per heavy atom. The second-order valence-corrected chi connectivity index (χ2v) is 6.60. The van der Waals surface area contributed by atoms with Crippen LogP contribution in [0.1, 0.15) is 35.7 Å². The number of hydrogen-bond acceptors (Lipinski definition) is 3. The van der Waals surface area contributed by atoms with Gasteiger partial charge in [0, 0.05) is 32.0 Å². The van der Waals surface area contributed by atoms with Crippen LogP contribution in [0.4, 0.5) is 5.69 Å². The molecule has 0 spiro atoms. The Morgan fingerprint density at radius 3 is 2.71 bits per heavy atom. The average Bonchev–Trinajstić information content (AvgIpc) is 2.63. The maximum atomic E-state index is 12.6. The predicted molar refractivity (Wildman–Crippen MR) is 97.2 cm³/mol. The summed E-state index contributed by atoms with van der Waals surface area (Å²) in [4.78, 5) is 18.8. The molecule has 4 nitrogen and oxygen atoms in total. The van der Waals surface area contributed by atoms with E-state index in [0.29, 0.717) is 5.56 Å². The normalized spacial score (nSPS) is 15.3. The minimum atomic E-state index is 0.0982. The highest BCUT2D eigenvalue weighted by molar-refractivity contribution is 5.94. The van der Waals surface area contributed by atoms with Gasteiger partial charge in [-0.25, -0.2) is 0 Å². The van der Waals surface area contributed by atoms with Crippen molar-refractivity contribution in [3.63, 3.8) is 0 Å². The molecule has 2 aromatic rings. The molecule has 1 aliphatic rings. The summed E-state index contributed by atoms with van der Waals surface area (Å²) in [5, 5.41) is 3.37. The summed E-state index contributed by atoms with van der Waals surface area (Å²) in [6, 6.07) is 12.3. The number of carbonyl (C=O) groups is 1. The SMILES string of the molecule is CC1CCN(C(=O)c2cncc(NCCc3ccccc3)c2)CC1. The second-order valence-electron chi connectivity index (χ2n) is 6.60.